The molecule has 0 bridgehead atoms. The molecule has 1 rings (SSSR count). The van der Waals surface area contributed by atoms with Gasteiger partial charge in [0.2, 0.25) is 0 Å². The van der Waals surface area contributed by atoms with E-state index in [-0.39, 0.29) is 0 Å². The molecule has 0 atom stereocenters. The van der Waals surface area contributed by atoms with Crippen LogP contribution in [0.5, 0.6) is 0 Å². The van der Waals surface area contributed by atoms with Crippen molar-refractivity contribution in [3.05, 3.63) is 22.7 Å². The molecule has 0 fully saturated rings. The van der Waals surface area contributed by atoms with E-state index in [0.717, 1.165) is 6.42 Å². The first-order valence-corrected chi connectivity index (χ1v) is 4.13. The molecule has 1 N–H and O–H groups in total. The normalized spacial score (nSPS) is 10.5. The number of hydrogen-bond acceptors (Lipinski definition) is 2. The third-order valence-corrected chi connectivity index (χ3v) is 1.57. The molecular formula is C8H12N2S. The lowest BCUT2D eigenvalue weighted by molar-refractivity contribution is 0.633. The SMILES string of the molecule is CC(C)Cc1ccnc(=S)[nH]1. The molecule has 1 aromatic rings. The van der Waals surface area contributed by atoms with Crippen molar-refractivity contribution in [2.24, 2.45) is 5.92 Å². The molecule has 0 unspecified atom stereocenters. The van der Waals surface area contributed by atoms with Gasteiger partial charge >= 0.3 is 0 Å². The van der Waals surface area contributed by atoms with Crippen LogP contribution in [0, 0.1) is 10.7 Å². The Balaban J connectivity index is 2.80. The van der Waals surface area contributed by atoms with E-state index >= 15 is 0 Å². The molecule has 2 nitrogen and oxygen atoms in total. The second-order valence-corrected chi connectivity index (χ2v) is 3.38. The Hall–Kier alpha value is -0.700. The van der Waals surface area contributed by atoms with E-state index in [9.17, 15) is 0 Å². The molecule has 0 aromatic carbocycles. The Morgan fingerprint density at radius 3 is 2.91 bits per heavy atom. The highest BCUT2D eigenvalue weighted by Gasteiger charge is 1.96. The van der Waals surface area contributed by atoms with Gasteiger partial charge < -0.3 is 4.98 Å². The molecule has 0 amide bonds. The molecule has 60 valence electrons. The van der Waals surface area contributed by atoms with Crippen LogP contribution in [-0.4, -0.2) is 9.97 Å². The fourth-order valence-corrected chi connectivity index (χ4v) is 1.16. The van der Waals surface area contributed by atoms with Crippen LogP contribution in [0.25, 0.3) is 0 Å². The standard InChI is InChI=1S/C8H12N2S/c1-6(2)5-7-3-4-9-8(11)10-7/h3-4,6H,5H2,1-2H3,(H,9,10,11). The summed E-state index contributed by atoms with van der Waals surface area (Å²) in [6.45, 7) is 4.36. The molecular weight excluding hydrogens is 156 g/mol. The van der Waals surface area contributed by atoms with E-state index in [1.807, 2.05) is 6.07 Å². The second kappa shape index (κ2) is 3.62. The summed E-state index contributed by atoms with van der Waals surface area (Å²) in [6.07, 6.45) is 2.78. The summed E-state index contributed by atoms with van der Waals surface area (Å²) in [5, 5.41) is 0. The molecule has 3 heteroatoms. The Morgan fingerprint density at radius 2 is 2.36 bits per heavy atom. The zero-order valence-corrected chi connectivity index (χ0v) is 7.61. The fourth-order valence-electron chi connectivity index (χ4n) is 0.965. The van der Waals surface area contributed by atoms with Crippen molar-refractivity contribution in [3.63, 3.8) is 0 Å². The van der Waals surface area contributed by atoms with Crippen molar-refractivity contribution in [2.75, 3.05) is 0 Å². The molecule has 0 aliphatic heterocycles. The van der Waals surface area contributed by atoms with Gasteiger partial charge in [0.15, 0.2) is 4.77 Å². The molecule has 0 saturated heterocycles. The minimum atomic E-state index is 0.572. The monoisotopic (exact) mass is 168 g/mol. The van der Waals surface area contributed by atoms with Crippen LogP contribution >= 0.6 is 12.2 Å². The highest BCUT2D eigenvalue weighted by Crippen LogP contribution is 2.02. The third kappa shape index (κ3) is 2.80. The number of nitrogens with zero attached hydrogens (tertiary/aromatic N) is 1. The summed E-state index contributed by atoms with van der Waals surface area (Å²) in [5.74, 6) is 0.656. The maximum absolute atomic E-state index is 4.89. The molecule has 11 heavy (non-hydrogen) atoms. The largest absolute Gasteiger partial charge is 0.335 e. The first-order valence-electron chi connectivity index (χ1n) is 3.72. The van der Waals surface area contributed by atoms with E-state index in [1.54, 1.807) is 6.20 Å². The first kappa shape index (κ1) is 8.40. The lowest BCUT2D eigenvalue weighted by Crippen LogP contribution is -1.97. The average Bonchev–Trinajstić information content (AvgIpc) is 1.85. The lowest BCUT2D eigenvalue weighted by Gasteiger charge is -2.02. The maximum Gasteiger partial charge on any atom is 0.196 e. The lowest BCUT2D eigenvalue weighted by atomic mass is 10.1. The second-order valence-electron chi connectivity index (χ2n) is 3.00. The zero-order chi connectivity index (χ0) is 8.27. The fraction of sp³-hybridized carbons (Fsp3) is 0.500. The van der Waals surface area contributed by atoms with Gasteiger partial charge in [0.25, 0.3) is 0 Å². The van der Waals surface area contributed by atoms with Crippen LogP contribution in [0.4, 0.5) is 0 Å². The Bertz CT molecular complexity index is 277. The zero-order valence-electron chi connectivity index (χ0n) is 6.79. The van der Waals surface area contributed by atoms with Gasteiger partial charge in [-0.25, -0.2) is 4.98 Å². The first-order chi connectivity index (χ1) is 5.18. The maximum atomic E-state index is 4.89. The summed E-state index contributed by atoms with van der Waals surface area (Å²) in [7, 11) is 0. The summed E-state index contributed by atoms with van der Waals surface area (Å²) < 4.78 is 0.572. The van der Waals surface area contributed by atoms with Crippen LogP contribution in [0.1, 0.15) is 19.5 Å². The number of aromatic nitrogens is 2. The van der Waals surface area contributed by atoms with Gasteiger partial charge in [-0.15, -0.1) is 0 Å². The van der Waals surface area contributed by atoms with Crippen molar-refractivity contribution in [3.8, 4) is 0 Å². The number of rotatable bonds is 2. The van der Waals surface area contributed by atoms with Crippen LogP contribution in [0.3, 0.4) is 0 Å². The molecule has 0 aliphatic rings. The summed E-state index contributed by atoms with van der Waals surface area (Å²) in [6, 6.07) is 1.97. The molecule has 1 aromatic heterocycles. The minimum Gasteiger partial charge on any atom is -0.335 e. The van der Waals surface area contributed by atoms with Gasteiger partial charge in [-0.2, -0.15) is 0 Å². The number of aromatic amines is 1. The van der Waals surface area contributed by atoms with Crippen LogP contribution in [-0.2, 0) is 6.42 Å². The highest BCUT2D eigenvalue weighted by atomic mass is 32.1. The Morgan fingerprint density at radius 1 is 1.64 bits per heavy atom. The summed E-state index contributed by atoms with van der Waals surface area (Å²) in [4.78, 5) is 6.95. The van der Waals surface area contributed by atoms with E-state index in [2.05, 4.69) is 23.8 Å². The third-order valence-electron chi connectivity index (χ3n) is 1.36. The molecule has 0 aliphatic carbocycles. The van der Waals surface area contributed by atoms with Gasteiger partial charge in [0, 0.05) is 11.9 Å². The van der Waals surface area contributed by atoms with Crippen molar-refractivity contribution in [2.45, 2.75) is 20.3 Å². The van der Waals surface area contributed by atoms with Gasteiger partial charge in [0.05, 0.1) is 0 Å². The van der Waals surface area contributed by atoms with Crippen molar-refractivity contribution in [1.82, 2.24) is 9.97 Å². The molecule has 0 radical (unpaired) electrons. The van der Waals surface area contributed by atoms with E-state index in [4.69, 9.17) is 12.2 Å². The van der Waals surface area contributed by atoms with Gasteiger partial charge in [-0.05, 0) is 30.6 Å². The quantitative estimate of drug-likeness (QED) is 0.687. The summed E-state index contributed by atoms with van der Waals surface area (Å²) >= 11 is 4.89. The van der Waals surface area contributed by atoms with Crippen molar-refractivity contribution in [1.29, 1.82) is 0 Å². The van der Waals surface area contributed by atoms with Crippen LogP contribution in [0.2, 0.25) is 0 Å². The van der Waals surface area contributed by atoms with Gasteiger partial charge in [-0.3, -0.25) is 0 Å². The number of H-pyrrole nitrogens is 1. The average molecular weight is 168 g/mol. The molecule has 1 heterocycles. The van der Waals surface area contributed by atoms with Crippen molar-refractivity contribution >= 4 is 12.2 Å². The summed E-state index contributed by atoms with van der Waals surface area (Å²) in [5.41, 5.74) is 1.17. The molecule has 0 spiro atoms. The Labute approximate surface area is 71.7 Å². The van der Waals surface area contributed by atoms with Crippen molar-refractivity contribution < 1.29 is 0 Å². The predicted octanol–water partition coefficient (Wildman–Crippen LogP) is 2.34. The topological polar surface area (TPSA) is 28.7 Å². The van der Waals surface area contributed by atoms with Gasteiger partial charge in [0.1, 0.15) is 0 Å². The van der Waals surface area contributed by atoms with Crippen LogP contribution in [0.15, 0.2) is 12.3 Å². The smallest absolute Gasteiger partial charge is 0.196 e. The van der Waals surface area contributed by atoms with E-state index in [1.165, 1.54) is 5.69 Å². The van der Waals surface area contributed by atoms with Gasteiger partial charge in [-0.1, -0.05) is 13.8 Å². The van der Waals surface area contributed by atoms with Crippen LogP contribution < -0.4 is 0 Å². The molecule has 0 saturated carbocycles. The van der Waals surface area contributed by atoms with E-state index in [0.29, 0.717) is 10.7 Å². The Kier molecular flexibility index (Phi) is 2.76. The minimum absolute atomic E-state index is 0.572. The highest BCUT2D eigenvalue weighted by molar-refractivity contribution is 7.71. The number of nitrogens with one attached hydrogen (secondary N) is 1. The number of hydrogen-bond donors (Lipinski definition) is 1. The van der Waals surface area contributed by atoms with E-state index < -0.39 is 0 Å². The predicted molar refractivity (Wildman–Crippen MR) is 48.0 cm³/mol.